The van der Waals surface area contributed by atoms with Gasteiger partial charge in [-0.05, 0) is 32.2 Å². The molecule has 13 heavy (non-hydrogen) atoms. The standard InChI is InChI=1S/C9H19N.C2H6O/c1-3-8-6-5-7-9(8)10-4-2;1-2-3/h8-10H,3-7H2,1-2H3;3H,2H2,1H3. The zero-order valence-corrected chi connectivity index (χ0v) is 9.34. The lowest BCUT2D eigenvalue weighted by atomic mass is 10.0. The SMILES string of the molecule is CCNC1CCCC1CC.CCO. The molecule has 1 saturated carbocycles. The normalized spacial score (nSPS) is 26.8. The maximum absolute atomic E-state index is 7.57. The lowest BCUT2D eigenvalue weighted by molar-refractivity contribution is 0.318. The summed E-state index contributed by atoms with van der Waals surface area (Å²) in [7, 11) is 0. The molecule has 2 N–H and O–H groups in total. The molecule has 80 valence electrons. The van der Waals surface area contributed by atoms with Crippen molar-refractivity contribution in [1.29, 1.82) is 0 Å². The van der Waals surface area contributed by atoms with Crippen molar-refractivity contribution in [2.24, 2.45) is 5.92 Å². The molecule has 0 aromatic heterocycles. The molecule has 1 fully saturated rings. The van der Waals surface area contributed by atoms with Gasteiger partial charge in [-0.15, -0.1) is 0 Å². The predicted octanol–water partition coefficient (Wildman–Crippen LogP) is 2.17. The molecule has 0 heterocycles. The molecule has 0 spiro atoms. The highest BCUT2D eigenvalue weighted by Gasteiger charge is 2.23. The fraction of sp³-hybridized carbons (Fsp3) is 1.00. The van der Waals surface area contributed by atoms with Gasteiger partial charge in [-0.3, -0.25) is 0 Å². The van der Waals surface area contributed by atoms with Crippen molar-refractivity contribution in [1.82, 2.24) is 5.32 Å². The Labute approximate surface area is 82.7 Å². The molecule has 2 atom stereocenters. The van der Waals surface area contributed by atoms with Gasteiger partial charge in [0.05, 0.1) is 0 Å². The van der Waals surface area contributed by atoms with Gasteiger partial charge in [0.25, 0.3) is 0 Å². The second-order valence-corrected chi connectivity index (χ2v) is 3.58. The van der Waals surface area contributed by atoms with E-state index in [9.17, 15) is 0 Å². The average molecular weight is 187 g/mol. The number of aliphatic hydroxyl groups excluding tert-OH is 1. The van der Waals surface area contributed by atoms with Crippen molar-refractivity contribution in [3.63, 3.8) is 0 Å². The third kappa shape index (κ3) is 5.27. The van der Waals surface area contributed by atoms with Crippen LogP contribution >= 0.6 is 0 Å². The van der Waals surface area contributed by atoms with E-state index in [0.29, 0.717) is 0 Å². The number of hydrogen-bond donors (Lipinski definition) is 2. The first kappa shape index (κ1) is 12.9. The topological polar surface area (TPSA) is 32.3 Å². The highest BCUT2D eigenvalue weighted by Crippen LogP contribution is 2.27. The Morgan fingerprint density at radius 2 is 1.85 bits per heavy atom. The van der Waals surface area contributed by atoms with Crippen LogP contribution in [0.25, 0.3) is 0 Å². The molecule has 0 amide bonds. The van der Waals surface area contributed by atoms with Crippen LogP contribution in [-0.2, 0) is 0 Å². The van der Waals surface area contributed by atoms with Crippen LogP contribution in [0.5, 0.6) is 0 Å². The minimum atomic E-state index is 0.250. The van der Waals surface area contributed by atoms with E-state index in [2.05, 4.69) is 19.2 Å². The van der Waals surface area contributed by atoms with Crippen molar-refractivity contribution < 1.29 is 5.11 Å². The first-order chi connectivity index (χ1) is 6.29. The molecule has 0 radical (unpaired) electrons. The Hall–Kier alpha value is -0.0800. The van der Waals surface area contributed by atoms with E-state index in [-0.39, 0.29) is 6.61 Å². The first-order valence-electron chi connectivity index (χ1n) is 5.64. The summed E-state index contributed by atoms with van der Waals surface area (Å²) in [6, 6.07) is 0.843. The third-order valence-electron chi connectivity index (χ3n) is 2.65. The van der Waals surface area contributed by atoms with Crippen LogP contribution < -0.4 is 5.32 Å². The first-order valence-corrected chi connectivity index (χ1v) is 5.64. The van der Waals surface area contributed by atoms with Crippen LogP contribution in [0.2, 0.25) is 0 Å². The largest absolute Gasteiger partial charge is 0.397 e. The predicted molar refractivity (Wildman–Crippen MR) is 57.9 cm³/mol. The van der Waals surface area contributed by atoms with Crippen molar-refractivity contribution in [3.05, 3.63) is 0 Å². The number of nitrogens with one attached hydrogen (secondary N) is 1. The molecule has 2 heteroatoms. The Bertz CT molecular complexity index is 106. The number of rotatable bonds is 3. The molecule has 0 saturated heterocycles. The minimum Gasteiger partial charge on any atom is -0.397 e. The molecule has 0 aliphatic heterocycles. The zero-order valence-electron chi connectivity index (χ0n) is 9.34. The van der Waals surface area contributed by atoms with Gasteiger partial charge in [0.2, 0.25) is 0 Å². The van der Waals surface area contributed by atoms with Crippen LogP contribution in [-0.4, -0.2) is 24.3 Å². The number of hydrogen-bond acceptors (Lipinski definition) is 2. The van der Waals surface area contributed by atoms with Gasteiger partial charge in [-0.2, -0.15) is 0 Å². The summed E-state index contributed by atoms with van der Waals surface area (Å²) < 4.78 is 0. The van der Waals surface area contributed by atoms with Crippen LogP contribution in [0.1, 0.15) is 46.5 Å². The monoisotopic (exact) mass is 187 g/mol. The molecule has 1 rings (SSSR count). The molecule has 0 aromatic rings. The lowest BCUT2D eigenvalue weighted by Crippen LogP contribution is -2.31. The summed E-state index contributed by atoms with van der Waals surface area (Å²) in [5, 5.41) is 11.1. The van der Waals surface area contributed by atoms with Crippen LogP contribution in [0.15, 0.2) is 0 Å². The van der Waals surface area contributed by atoms with E-state index in [1.54, 1.807) is 6.92 Å². The fourth-order valence-corrected chi connectivity index (χ4v) is 2.06. The molecule has 0 aromatic carbocycles. The van der Waals surface area contributed by atoms with Crippen LogP contribution in [0.3, 0.4) is 0 Å². The highest BCUT2D eigenvalue weighted by atomic mass is 16.2. The van der Waals surface area contributed by atoms with E-state index >= 15 is 0 Å². The van der Waals surface area contributed by atoms with Gasteiger partial charge >= 0.3 is 0 Å². The third-order valence-corrected chi connectivity index (χ3v) is 2.65. The Kier molecular flexibility index (Phi) is 8.46. The molecular formula is C11H25NO. The highest BCUT2D eigenvalue weighted by molar-refractivity contribution is 4.81. The second kappa shape index (κ2) is 8.52. The Balaban J connectivity index is 0.000000424. The van der Waals surface area contributed by atoms with Crippen LogP contribution in [0.4, 0.5) is 0 Å². The second-order valence-electron chi connectivity index (χ2n) is 3.58. The molecular weight excluding hydrogens is 162 g/mol. The van der Waals surface area contributed by atoms with E-state index in [0.717, 1.165) is 18.5 Å². The van der Waals surface area contributed by atoms with Gasteiger partial charge in [0.15, 0.2) is 0 Å². The summed E-state index contributed by atoms with van der Waals surface area (Å²) in [5.74, 6) is 0.972. The minimum absolute atomic E-state index is 0.250. The van der Waals surface area contributed by atoms with Gasteiger partial charge in [0.1, 0.15) is 0 Å². The average Bonchev–Trinajstić information content (AvgIpc) is 2.54. The van der Waals surface area contributed by atoms with Crippen molar-refractivity contribution >= 4 is 0 Å². The fourth-order valence-electron chi connectivity index (χ4n) is 2.06. The van der Waals surface area contributed by atoms with E-state index in [4.69, 9.17) is 5.11 Å². The molecule has 2 unspecified atom stereocenters. The molecule has 2 nitrogen and oxygen atoms in total. The summed E-state index contributed by atoms with van der Waals surface area (Å²) in [6.07, 6.45) is 5.66. The lowest BCUT2D eigenvalue weighted by Gasteiger charge is -2.17. The van der Waals surface area contributed by atoms with Crippen molar-refractivity contribution in [2.45, 2.75) is 52.5 Å². The summed E-state index contributed by atoms with van der Waals surface area (Å²) in [5.41, 5.74) is 0. The van der Waals surface area contributed by atoms with Gasteiger partial charge in [0, 0.05) is 12.6 Å². The van der Waals surface area contributed by atoms with Gasteiger partial charge in [-0.1, -0.05) is 26.7 Å². The Morgan fingerprint density at radius 3 is 2.31 bits per heavy atom. The van der Waals surface area contributed by atoms with Crippen molar-refractivity contribution in [3.8, 4) is 0 Å². The van der Waals surface area contributed by atoms with Gasteiger partial charge in [-0.25, -0.2) is 0 Å². The van der Waals surface area contributed by atoms with Crippen molar-refractivity contribution in [2.75, 3.05) is 13.2 Å². The van der Waals surface area contributed by atoms with Gasteiger partial charge < -0.3 is 10.4 Å². The maximum atomic E-state index is 7.57. The van der Waals surface area contributed by atoms with E-state index in [1.165, 1.54) is 25.7 Å². The van der Waals surface area contributed by atoms with E-state index < -0.39 is 0 Å². The summed E-state index contributed by atoms with van der Waals surface area (Å²) in [4.78, 5) is 0. The molecule has 1 aliphatic rings. The summed E-state index contributed by atoms with van der Waals surface area (Å²) >= 11 is 0. The van der Waals surface area contributed by atoms with E-state index in [1.807, 2.05) is 0 Å². The zero-order chi connectivity index (χ0) is 10.1. The smallest absolute Gasteiger partial charge is 0.0402 e. The number of aliphatic hydroxyl groups is 1. The summed E-state index contributed by atoms with van der Waals surface area (Å²) in [6.45, 7) is 7.58. The molecule has 1 aliphatic carbocycles. The Morgan fingerprint density at radius 1 is 1.23 bits per heavy atom. The molecule has 0 bridgehead atoms. The van der Waals surface area contributed by atoms with Crippen LogP contribution in [0, 0.1) is 5.92 Å². The quantitative estimate of drug-likeness (QED) is 0.709. The maximum Gasteiger partial charge on any atom is 0.0402 e.